The maximum Gasteiger partial charge on any atom is 0.310 e. The van der Waals surface area contributed by atoms with Crippen LogP contribution in [-0.2, 0) is 16.0 Å². The molecular weight excluding hydrogens is 258 g/mol. The van der Waals surface area contributed by atoms with Crippen LogP contribution in [0.2, 0.25) is 10.0 Å². The lowest BCUT2D eigenvalue weighted by atomic mass is 10.1. The van der Waals surface area contributed by atoms with E-state index in [-0.39, 0.29) is 22.0 Å². The molecule has 1 aromatic carbocycles. The molecule has 0 bridgehead atoms. The normalized spacial score (nSPS) is 10.2. The molecule has 1 aromatic rings. The molecule has 6 heteroatoms. The van der Waals surface area contributed by atoms with E-state index < -0.39 is 24.0 Å². The van der Waals surface area contributed by atoms with Gasteiger partial charge in [-0.05, 0) is 17.7 Å². The van der Waals surface area contributed by atoms with E-state index >= 15 is 0 Å². The van der Waals surface area contributed by atoms with Gasteiger partial charge in [0.1, 0.15) is 18.0 Å². The lowest BCUT2D eigenvalue weighted by Gasteiger charge is -2.04. The third-order valence-electron chi connectivity index (χ3n) is 1.83. The van der Waals surface area contributed by atoms with E-state index in [0.717, 1.165) is 6.07 Å². The van der Waals surface area contributed by atoms with Crippen LogP contribution in [0.3, 0.4) is 0 Å². The summed E-state index contributed by atoms with van der Waals surface area (Å²) in [5.74, 6) is -2.46. The van der Waals surface area contributed by atoms with Crippen LogP contribution in [0.4, 0.5) is 4.39 Å². The number of Topliss-reactive ketones (excluding diaryl/α,β-unsaturated/α-hetero) is 1. The molecule has 0 aromatic heterocycles. The van der Waals surface area contributed by atoms with Crippen molar-refractivity contribution in [2.45, 2.75) is 12.8 Å². The fraction of sp³-hybridized carbons (Fsp3) is 0.200. The third kappa shape index (κ3) is 3.47. The summed E-state index contributed by atoms with van der Waals surface area (Å²) in [4.78, 5) is 21.4. The molecule has 0 saturated carbocycles. The van der Waals surface area contributed by atoms with Crippen molar-refractivity contribution in [3.8, 4) is 0 Å². The summed E-state index contributed by atoms with van der Waals surface area (Å²) in [6.45, 7) is 0. The number of rotatable bonds is 4. The molecule has 0 amide bonds. The van der Waals surface area contributed by atoms with Gasteiger partial charge in [0.2, 0.25) is 0 Å². The van der Waals surface area contributed by atoms with Crippen LogP contribution in [0.15, 0.2) is 12.1 Å². The van der Waals surface area contributed by atoms with E-state index in [0.29, 0.717) is 0 Å². The predicted octanol–water partition coefficient (Wildman–Crippen LogP) is 2.72. The van der Waals surface area contributed by atoms with Gasteiger partial charge in [0.05, 0.1) is 5.02 Å². The molecular formula is C10H7Cl2FO3. The smallest absolute Gasteiger partial charge is 0.310 e. The largest absolute Gasteiger partial charge is 0.481 e. The molecule has 0 spiro atoms. The molecule has 0 saturated heterocycles. The van der Waals surface area contributed by atoms with Gasteiger partial charge in [0.15, 0.2) is 0 Å². The summed E-state index contributed by atoms with van der Waals surface area (Å²) < 4.78 is 13.1. The highest BCUT2D eigenvalue weighted by atomic mass is 35.5. The maximum atomic E-state index is 13.1. The van der Waals surface area contributed by atoms with Gasteiger partial charge >= 0.3 is 5.97 Å². The Labute approximate surface area is 101 Å². The topological polar surface area (TPSA) is 54.4 Å². The Morgan fingerprint density at radius 1 is 1.25 bits per heavy atom. The zero-order valence-corrected chi connectivity index (χ0v) is 9.48. The summed E-state index contributed by atoms with van der Waals surface area (Å²) in [5.41, 5.74) is 0.231. The van der Waals surface area contributed by atoms with Gasteiger partial charge in [-0.2, -0.15) is 0 Å². The second-order valence-corrected chi connectivity index (χ2v) is 3.96. The van der Waals surface area contributed by atoms with Gasteiger partial charge < -0.3 is 5.11 Å². The van der Waals surface area contributed by atoms with Crippen LogP contribution in [0.5, 0.6) is 0 Å². The first-order chi connectivity index (χ1) is 7.40. The molecule has 16 heavy (non-hydrogen) atoms. The first-order valence-corrected chi connectivity index (χ1v) is 5.02. The molecule has 3 nitrogen and oxygen atoms in total. The fourth-order valence-corrected chi connectivity index (χ4v) is 1.59. The Balaban J connectivity index is 2.85. The molecule has 1 N–H and O–H groups in total. The monoisotopic (exact) mass is 264 g/mol. The molecule has 0 unspecified atom stereocenters. The average Bonchev–Trinajstić information content (AvgIpc) is 2.12. The Kier molecular flexibility index (Phi) is 4.26. The van der Waals surface area contributed by atoms with Crippen molar-refractivity contribution in [3.63, 3.8) is 0 Å². The number of carboxylic acid groups (broad SMARTS) is 1. The second kappa shape index (κ2) is 5.27. The minimum atomic E-state index is -1.23. The van der Waals surface area contributed by atoms with Crippen molar-refractivity contribution < 1.29 is 19.1 Å². The first kappa shape index (κ1) is 12.9. The van der Waals surface area contributed by atoms with Crippen LogP contribution >= 0.6 is 23.2 Å². The van der Waals surface area contributed by atoms with E-state index in [9.17, 15) is 14.0 Å². The number of benzene rings is 1. The quantitative estimate of drug-likeness (QED) is 0.672. The van der Waals surface area contributed by atoms with Gasteiger partial charge in [0.25, 0.3) is 0 Å². The van der Waals surface area contributed by atoms with Gasteiger partial charge in [-0.25, -0.2) is 4.39 Å². The molecule has 1 rings (SSSR count). The number of aliphatic carboxylic acids is 1. The average molecular weight is 265 g/mol. The van der Waals surface area contributed by atoms with Crippen molar-refractivity contribution in [1.29, 1.82) is 0 Å². The highest BCUT2D eigenvalue weighted by molar-refractivity contribution is 6.35. The highest BCUT2D eigenvalue weighted by Gasteiger charge is 2.13. The summed E-state index contributed by atoms with van der Waals surface area (Å²) in [6.07, 6.45) is -0.834. The van der Waals surface area contributed by atoms with Crippen molar-refractivity contribution in [2.75, 3.05) is 0 Å². The SMILES string of the molecule is O=C(O)CC(=O)Cc1cc(F)c(Cl)cc1Cl. The predicted molar refractivity (Wildman–Crippen MR) is 57.4 cm³/mol. The van der Waals surface area contributed by atoms with Crippen LogP contribution < -0.4 is 0 Å². The number of halogens is 3. The molecule has 86 valence electrons. The number of hydrogen-bond acceptors (Lipinski definition) is 2. The summed E-state index contributed by atoms with van der Waals surface area (Å²) in [5, 5.41) is 8.39. The first-order valence-electron chi connectivity index (χ1n) is 4.27. The Morgan fingerprint density at radius 2 is 1.88 bits per heavy atom. The maximum absolute atomic E-state index is 13.1. The molecule has 0 heterocycles. The van der Waals surface area contributed by atoms with E-state index in [1.165, 1.54) is 6.07 Å². The zero-order valence-electron chi connectivity index (χ0n) is 7.97. The molecule has 0 aliphatic rings. The van der Waals surface area contributed by atoms with Crippen LogP contribution in [0.25, 0.3) is 0 Å². The van der Waals surface area contributed by atoms with Crippen LogP contribution in [0.1, 0.15) is 12.0 Å². The van der Waals surface area contributed by atoms with E-state index in [1.54, 1.807) is 0 Å². The summed E-state index contributed by atoms with van der Waals surface area (Å²) in [6, 6.07) is 2.21. The molecule has 0 aliphatic carbocycles. The van der Waals surface area contributed by atoms with Crippen LogP contribution in [0, 0.1) is 5.82 Å². The highest BCUT2D eigenvalue weighted by Crippen LogP contribution is 2.24. The number of ketones is 1. The molecule has 0 radical (unpaired) electrons. The van der Waals surface area contributed by atoms with E-state index in [4.69, 9.17) is 28.3 Å². The van der Waals surface area contributed by atoms with Gasteiger partial charge in [-0.1, -0.05) is 23.2 Å². The van der Waals surface area contributed by atoms with E-state index in [1.807, 2.05) is 0 Å². The van der Waals surface area contributed by atoms with Gasteiger partial charge in [-0.15, -0.1) is 0 Å². The van der Waals surface area contributed by atoms with Crippen molar-refractivity contribution in [3.05, 3.63) is 33.6 Å². The lowest BCUT2D eigenvalue weighted by Crippen LogP contribution is -2.09. The third-order valence-corrected chi connectivity index (χ3v) is 2.47. The Bertz CT molecular complexity index is 446. The lowest BCUT2D eigenvalue weighted by molar-refractivity contribution is -0.140. The number of carbonyl (C=O) groups is 2. The molecule has 0 atom stereocenters. The number of hydrogen-bond donors (Lipinski definition) is 1. The van der Waals surface area contributed by atoms with Crippen molar-refractivity contribution in [1.82, 2.24) is 0 Å². The molecule has 0 aliphatic heterocycles. The number of carboxylic acids is 1. The van der Waals surface area contributed by atoms with Crippen molar-refractivity contribution >= 4 is 35.0 Å². The zero-order chi connectivity index (χ0) is 12.3. The Hall–Kier alpha value is -1.13. The summed E-state index contributed by atoms with van der Waals surface area (Å²) in [7, 11) is 0. The van der Waals surface area contributed by atoms with Crippen LogP contribution in [-0.4, -0.2) is 16.9 Å². The minimum Gasteiger partial charge on any atom is -0.481 e. The standard InChI is InChI=1S/C10H7Cl2FO3/c11-7-4-8(12)9(13)2-5(7)1-6(14)3-10(15)16/h2,4H,1,3H2,(H,15,16). The fourth-order valence-electron chi connectivity index (χ4n) is 1.14. The van der Waals surface area contributed by atoms with Gasteiger partial charge in [-0.3, -0.25) is 9.59 Å². The van der Waals surface area contributed by atoms with Crippen molar-refractivity contribution in [2.24, 2.45) is 0 Å². The number of carbonyl (C=O) groups excluding carboxylic acids is 1. The molecule has 0 fully saturated rings. The second-order valence-electron chi connectivity index (χ2n) is 3.14. The summed E-state index contributed by atoms with van der Waals surface area (Å²) >= 11 is 11.2. The Morgan fingerprint density at radius 3 is 2.44 bits per heavy atom. The van der Waals surface area contributed by atoms with E-state index in [2.05, 4.69) is 0 Å². The minimum absolute atomic E-state index is 0.139. The van der Waals surface area contributed by atoms with Gasteiger partial charge in [0, 0.05) is 11.4 Å².